The van der Waals surface area contributed by atoms with Crippen molar-refractivity contribution in [2.24, 2.45) is 0 Å². The number of benzene rings is 1. The molecule has 0 aliphatic carbocycles. The minimum Gasteiger partial charge on any atom is -0.493 e. The number of thiophene rings is 2. The van der Waals surface area contributed by atoms with Gasteiger partial charge in [-0.1, -0.05) is 31.5 Å². The van der Waals surface area contributed by atoms with E-state index in [-0.39, 0.29) is 18.4 Å². The van der Waals surface area contributed by atoms with Crippen molar-refractivity contribution in [2.75, 3.05) is 33.9 Å². The molecule has 35 heavy (non-hydrogen) atoms. The molecular formula is C27H34N2O4S2. The first kappa shape index (κ1) is 26.8. The van der Waals surface area contributed by atoms with Crippen molar-refractivity contribution >= 4 is 34.5 Å². The average molecular weight is 515 g/mol. The Hall–Kier alpha value is -2.84. The van der Waals surface area contributed by atoms with E-state index >= 15 is 0 Å². The van der Waals surface area contributed by atoms with E-state index in [9.17, 15) is 9.59 Å². The standard InChI is InChI=1S/C27H34N2O4S2/c1-4-5-13-28(26(30)18-22-8-6-15-34-22)20-27(31)29(19-23-9-7-16-35-23)14-12-21-10-11-24(32-2)25(17-21)33-3/h6-11,15-17H,4-5,12-14,18-20H2,1-3H3. The second-order valence-corrected chi connectivity index (χ2v) is 10.3. The van der Waals surface area contributed by atoms with Crippen LogP contribution in [0.2, 0.25) is 0 Å². The molecule has 0 aliphatic rings. The van der Waals surface area contributed by atoms with E-state index in [1.54, 1.807) is 41.8 Å². The fraction of sp³-hybridized carbons (Fsp3) is 0.407. The molecule has 2 aromatic heterocycles. The molecule has 0 bridgehead atoms. The van der Waals surface area contributed by atoms with Crippen LogP contribution in [-0.4, -0.2) is 55.5 Å². The number of hydrogen-bond donors (Lipinski definition) is 0. The maximum Gasteiger partial charge on any atom is 0.242 e. The number of ether oxygens (including phenoxy) is 2. The second-order valence-electron chi connectivity index (χ2n) is 8.26. The van der Waals surface area contributed by atoms with Crippen LogP contribution >= 0.6 is 22.7 Å². The highest BCUT2D eigenvalue weighted by Gasteiger charge is 2.22. The van der Waals surface area contributed by atoms with Gasteiger partial charge in [-0.3, -0.25) is 9.59 Å². The molecule has 0 unspecified atom stereocenters. The van der Waals surface area contributed by atoms with Gasteiger partial charge in [-0.2, -0.15) is 0 Å². The lowest BCUT2D eigenvalue weighted by atomic mass is 10.1. The quantitative estimate of drug-likeness (QED) is 0.294. The third-order valence-corrected chi connectivity index (χ3v) is 7.50. The Kier molecular flexibility index (Phi) is 10.6. The van der Waals surface area contributed by atoms with Crippen molar-refractivity contribution in [3.05, 3.63) is 68.5 Å². The van der Waals surface area contributed by atoms with Gasteiger partial charge in [0.25, 0.3) is 0 Å². The predicted octanol–water partition coefficient (Wildman–Crippen LogP) is 5.27. The zero-order chi connectivity index (χ0) is 25.0. The topological polar surface area (TPSA) is 59.1 Å². The first-order valence-electron chi connectivity index (χ1n) is 11.8. The summed E-state index contributed by atoms with van der Waals surface area (Å²) in [6, 6.07) is 13.8. The zero-order valence-electron chi connectivity index (χ0n) is 20.7. The smallest absolute Gasteiger partial charge is 0.242 e. The molecule has 2 heterocycles. The lowest BCUT2D eigenvalue weighted by Gasteiger charge is -2.28. The summed E-state index contributed by atoms with van der Waals surface area (Å²) < 4.78 is 10.8. The van der Waals surface area contributed by atoms with Gasteiger partial charge in [0.2, 0.25) is 11.8 Å². The number of methoxy groups -OCH3 is 2. The molecule has 0 saturated carbocycles. The van der Waals surface area contributed by atoms with Crippen LogP contribution in [0.5, 0.6) is 11.5 Å². The molecule has 8 heteroatoms. The van der Waals surface area contributed by atoms with E-state index in [0.29, 0.717) is 44.0 Å². The third-order valence-electron chi connectivity index (χ3n) is 5.76. The molecule has 188 valence electrons. The summed E-state index contributed by atoms with van der Waals surface area (Å²) in [5, 5.41) is 3.99. The van der Waals surface area contributed by atoms with Gasteiger partial charge in [0, 0.05) is 22.8 Å². The molecule has 0 radical (unpaired) electrons. The van der Waals surface area contributed by atoms with Crippen molar-refractivity contribution in [3.8, 4) is 11.5 Å². The second kappa shape index (κ2) is 13.9. The predicted molar refractivity (Wildman–Crippen MR) is 142 cm³/mol. The summed E-state index contributed by atoms with van der Waals surface area (Å²) in [5.41, 5.74) is 1.06. The lowest BCUT2D eigenvalue weighted by molar-refractivity contribution is -0.140. The minimum atomic E-state index is -0.0329. The zero-order valence-corrected chi connectivity index (χ0v) is 22.3. The number of hydrogen-bond acceptors (Lipinski definition) is 6. The number of carbonyl (C=O) groups excluding carboxylic acids is 2. The fourth-order valence-electron chi connectivity index (χ4n) is 3.76. The molecule has 0 fully saturated rings. The summed E-state index contributed by atoms with van der Waals surface area (Å²) in [7, 11) is 3.23. The first-order chi connectivity index (χ1) is 17.0. The van der Waals surface area contributed by atoms with Crippen molar-refractivity contribution < 1.29 is 19.1 Å². The third kappa shape index (κ3) is 8.11. The van der Waals surface area contributed by atoms with E-state index < -0.39 is 0 Å². The van der Waals surface area contributed by atoms with E-state index in [4.69, 9.17) is 9.47 Å². The SMILES string of the molecule is CCCCN(CC(=O)N(CCc1ccc(OC)c(OC)c1)Cc1cccs1)C(=O)Cc1cccs1. The first-order valence-corrected chi connectivity index (χ1v) is 13.6. The van der Waals surface area contributed by atoms with Gasteiger partial charge < -0.3 is 19.3 Å². The maximum atomic E-state index is 13.5. The molecule has 6 nitrogen and oxygen atoms in total. The highest BCUT2D eigenvalue weighted by molar-refractivity contribution is 7.10. The highest BCUT2D eigenvalue weighted by Crippen LogP contribution is 2.28. The number of carbonyl (C=O) groups is 2. The van der Waals surface area contributed by atoms with E-state index in [2.05, 4.69) is 6.92 Å². The molecule has 0 spiro atoms. The Balaban J connectivity index is 1.71. The molecule has 1 aromatic carbocycles. The Morgan fingerprint density at radius 1 is 0.857 bits per heavy atom. The van der Waals surface area contributed by atoms with Crippen molar-refractivity contribution in [1.82, 2.24) is 9.80 Å². The number of unbranched alkanes of at least 4 members (excludes halogenated alkanes) is 1. The summed E-state index contributed by atoms with van der Waals surface area (Å²) in [6.45, 7) is 3.87. The van der Waals surface area contributed by atoms with Gasteiger partial charge >= 0.3 is 0 Å². The molecule has 0 saturated heterocycles. The maximum absolute atomic E-state index is 13.5. The van der Waals surface area contributed by atoms with Crippen LogP contribution in [0.15, 0.2) is 53.2 Å². The average Bonchev–Trinajstić information content (AvgIpc) is 3.58. The van der Waals surface area contributed by atoms with Crippen LogP contribution in [0.25, 0.3) is 0 Å². The molecule has 2 amide bonds. The van der Waals surface area contributed by atoms with Gasteiger partial charge in [-0.05, 0) is 53.4 Å². The van der Waals surface area contributed by atoms with E-state index in [1.807, 2.05) is 58.1 Å². The summed E-state index contributed by atoms with van der Waals surface area (Å²) in [5.74, 6) is 1.32. The minimum absolute atomic E-state index is 0.00483. The van der Waals surface area contributed by atoms with Crippen LogP contribution in [0.3, 0.4) is 0 Å². The van der Waals surface area contributed by atoms with Crippen LogP contribution in [0.4, 0.5) is 0 Å². The number of nitrogens with zero attached hydrogens (tertiary/aromatic N) is 2. The normalized spacial score (nSPS) is 10.7. The summed E-state index contributed by atoms with van der Waals surface area (Å²) >= 11 is 3.20. The fourth-order valence-corrected chi connectivity index (χ4v) is 5.18. The molecule has 3 rings (SSSR count). The Bertz CT molecular complexity index is 1050. The molecular weight excluding hydrogens is 480 g/mol. The van der Waals surface area contributed by atoms with Gasteiger partial charge in [-0.15, -0.1) is 22.7 Å². The van der Waals surface area contributed by atoms with E-state index in [0.717, 1.165) is 28.2 Å². The lowest BCUT2D eigenvalue weighted by Crippen LogP contribution is -2.44. The van der Waals surface area contributed by atoms with E-state index in [1.165, 1.54) is 0 Å². The summed E-state index contributed by atoms with van der Waals surface area (Å²) in [6.07, 6.45) is 2.86. The largest absolute Gasteiger partial charge is 0.493 e. The molecule has 0 N–H and O–H groups in total. The Morgan fingerprint density at radius 2 is 1.57 bits per heavy atom. The van der Waals surface area contributed by atoms with Crippen LogP contribution in [0.1, 0.15) is 35.1 Å². The van der Waals surface area contributed by atoms with Gasteiger partial charge in [-0.25, -0.2) is 0 Å². The highest BCUT2D eigenvalue weighted by atomic mass is 32.1. The summed E-state index contributed by atoms with van der Waals surface area (Å²) in [4.78, 5) is 32.3. The van der Waals surface area contributed by atoms with Crippen molar-refractivity contribution in [1.29, 1.82) is 0 Å². The van der Waals surface area contributed by atoms with Crippen LogP contribution in [0, 0.1) is 0 Å². The Labute approximate surface area is 216 Å². The van der Waals surface area contributed by atoms with Crippen LogP contribution < -0.4 is 9.47 Å². The number of amides is 2. The molecule has 0 atom stereocenters. The van der Waals surface area contributed by atoms with Gasteiger partial charge in [0.15, 0.2) is 11.5 Å². The molecule has 0 aliphatic heterocycles. The van der Waals surface area contributed by atoms with Gasteiger partial charge in [0.05, 0.1) is 33.7 Å². The monoisotopic (exact) mass is 514 g/mol. The molecule has 3 aromatic rings. The number of rotatable bonds is 14. The van der Waals surface area contributed by atoms with Crippen LogP contribution in [-0.2, 0) is 29.0 Å². The van der Waals surface area contributed by atoms with Gasteiger partial charge in [0.1, 0.15) is 0 Å². The van der Waals surface area contributed by atoms with Crippen molar-refractivity contribution in [3.63, 3.8) is 0 Å². The van der Waals surface area contributed by atoms with Crippen molar-refractivity contribution in [2.45, 2.75) is 39.2 Å². The Morgan fingerprint density at radius 3 is 2.20 bits per heavy atom.